The molecule has 0 spiro atoms. The number of rotatable bonds is 4. The molecule has 24 heavy (non-hydrogen) atoms. The second kappa shape index (κ2) is 7.81. The van der Waals surface area contributed by atoms with E-state index in [4.69, 9.17) is 34.8 Å². The fraction of sp³-hybridized carbons (Fsp3) is 0.222. The van der Waals surface area contributed by atoms with Gasteiger partial charge in [0.15, 0.2) is 0 Å². The fourth-order valence-corrected chi connectivity index (χ4v) is 3.19. The van der Waals surface area contributed by atoms with Gasteiger partial charge in [0, 0.05) is 15.1 Å². The van der Waals surface area contributed by atoms with Gasteiger partial charge >= 0.3 is 6.18 Å². The minimum absolute atomic E-state index is 0.00692. The molecule has 0 aliphatic carbocycles. The third-order valence-corrected chi connectivity index (χ3v) is 4.32. The van der Waals surface area contributed by atoms with E-state index in [9.17, 15) is 13.2 Å². The number of halogens is 6. The van der Waals surface area contributed by atoms with Gasteiger partial charge in [-0.3, -0.25) is 0 Å². The van der Waals surface area contributed by atoms with Gasteiger partial charge in [0.2, 0.25) is 0 Å². The second-order valence-corrected chi connectivity index (χ2v) is 6.57. The van der Waals surface area contributed by atoms with E-state index in [-0.39, 0.29) is 15.6 Å². The van der Waals surface area contributed by atoms with Crippen molar-refractivity contribution in [2.75, 3.05) is 0 Å². The molecule has 1 unspecified atom stereocenters. The number of hydrogen-bond donors (Lipinski definition) is 0. The highest BCUT2D eigenvalue weighted by atomic mass is 35.5. The molecule has 0 aromatic heterocycles. The van der Waals surface area contributed by atoms with Crippen LogP contribution in [0.2, 0.25) is 15.1 Å². The zero-order valence-electron chi connectivity index (χ0n) is 12.7. The number of alkyl halides is 3. The van der Waals surface area contributed by atoms with Crippen LogP contribution < -0.4 is 0 Å². The molecule has 2 rings (SSSR count). The van der Waals surface area contributed by atoms with E-state index in [1.165, 1.54) is 24.3 Å². The van der Waals surface area contributed by atoms with Crippen LogP contribution in [0.1, 0.15) is 29.5 Å². The first-order valence-corrected chi connectivity index (χ1v) is 8.33. The Morgan fingerprint density at radius 1 is 1.00 bits per heavy atom. The van der Waals surface area contributed by atoms with Crippen LogP contribution in [0.15, 0.2) is 42.5 Å². The monoisotopic (exact) mass is 392 g/mol. The molecular weight excluding hydrogens is 380 g/mol. The highest BCUT2D eigenvalue weighted by molar-refractivity contribution is 6.34. The maximum absolute atomic E-state index is 13.4. The standard InChI is InChI=1S/C18H14Cl3F3/c1-2-12-5-3-11(7-17(12)21)4-6-16(18(22,23)24)13-8-14(19)10-15(20)9-13/h3-10,16H,2H2,1H3/b6-4+. The van der Waals surface area contributed by atoms with E-state index in [1.807, 2.05) is 6.92 Å². The Morgan fingerprint density at radius 2 is 1.62 bits per heavy atom. The van der Waals surface area contributed by atoms with Crippen LogP contribution in [0.3, 0.4) is 0 Å². The molecule has 0 heterocycles. The highest BCUT2D eigenvalue weighted by Crippen LogP contribution is 2.38. The van der Waals surface area contributed by atoms with E-state index >= 15 is 0 Å². The quantitative estimate of drug-likeness (QED) is 0.502. The minimum Gasteiger partial charge on any atom is -0.170 e. The van der Waals surface area contributed by atoms with Crippen molar-refractivity contribution in [3.05, 3.63) is 74.2 Å². The third kappa shape index (κ3) is 4.92. The lowest BCUT2D eigenvalue weighted by molar-refractivity contribution is -0.139. The molecule has 2 aromatic carbocycles. The van der Waals surface area contributed by atoms with Crippen molar-refractivity contribution < 1.29 is 13.2 Å². The molecule has 0 nitrogen and oxygen atoms in total. The van der Waals surface area contributed by atoms with Gasteiger partial charge < -0.3 is 0 Å². The van der Waals surface area contributed by atoms with Gasteiger partial charge in [-0.25, -0.2) is 0 Å². The van der Waals surface area contributed by atoms with Crippen LogP contribution in [-0.2, 0) is 6.42 Å². The van der Waals surface area contributed by atoms with Crippen LogP contribution >= 0.6 is 34.8 Å². The molecule has 0 N–H and O–H groups in total. The fourth-order valence-electron chi connectivity index (χ4n) is 2.33. The van der Waals surface area contributed by atoms with Gasteiger partial charge in [0.25, 0.3) is 0 Å². The average Bonchev–Trinajstić information content (AvgIpc) is 2.45. The van der Waals surface area contributed by atoms with Gasteiger partial charge in [-0.15, -0.1) is 0 Å². The molecule has 0 radical (unpaired) electrons. The molecule has 6 heteroatoms. The molecule has 0 aliphatic rings. The normalized spacial score (nSPS) is 13.5. The predicted molar refractivity (Wildman–Crippen MR) is 95.1 cm³/mol. The average molecular weight is 394 g/mol. The van der Waals surface area contributed by atoms with Crippen molar-refractivity contribution in [2.24, 2.45) is 0 Å². The molecule has 0 bridgehead atoms. The van der Waals surface area contributed by atoms with Gasteiger partial charge in [-0.05, 0) is 47.4 Å². The molecule has 0 amide bonds. The number of benzene rings is 2. The van der Waals surface area contributed by atoms with Crippen LogP contribution in [0, 0.1) is 0 Å². The lowest BCUT2D eigenvalue weighted by Crippen LogP contribution is -2.18. The molecule has 0 fully saturated rings. The summed E-state index contributed by atoms with van der Waals surface area (Å²) in [6, 6.07) is 9.12. The lowest BCUT2D eigenvalue weighted by Gasteiger charge is -2.18. The Kier molecular flexibility index (Phi) is 6.24. The Morgan fingerprint density at radius 3 is 2.12 bits per heavy atom. The summed E-state index contributed by atoms with van der Waals surface area (Å²) in [5.74, 6) is -1.81. The Balaban J connectivity index is 2.38. The van der Waals surface area contributed by atoms with Crippen LogP contribution in [0.4, 0.5) is 13.2 Å². The summed E-state index contributed by atoms with van der Waals surface area (Å²) >= 11 is 17.7. The summed E-state index contributed by atoms with van der Waals surface area (Å²) < 4.78 is 40.2. The Labute approximate surface area is 153 Å². The minimum atomic E-state index is -4.46. The predicted octanol–water partition coefficient (Wildman–Crippen LogP) is 7.57. The van der Waals surface area contributed by atoms with Crippen molar-refractivity contribution in [3.63, 3.8) is 0 Å². The molecule has 2 aromatic rings. The van der Waals surface area contributed by atoms with E-state index < -0.39 is 12.1 Å². The molecule has 1 atom stereocenters. The van der Waals surface area contributed by atoms with E-state index in [0.29, 0.717) is 10.6 Å². The van der Waals surface area contributed by atoms with Crippen molar-refractivity contribution >= 4 is 40.9 Å². The summed E-state index contributed by atoms with van der Waals surface area (Å²) in [5, 5.41) is 0.861. The largest absolute Gasteiger partial charge is 0.399 e. The summed E-state index contributed by atoms with van der Waals surface area (Å²) in [6.07, 6.45) is -1.22. The highest BCUT2D eigenvalue weighted by Gasteiger charge is 2.39. The number of hydrogen-bond acceptors (Lipinski definition) is 0. The van der Waals surface area contributed by atoms with E-state index in [1.54, 1.807) is 18.2 Å². The maximum Gasteiger partial charge on any atom is 0.399 e. The summed E-state index contributed by atoms with van der Waals surface area (Å²) in [5.41, 5.74) is 1.54. The molecule has 0 saturated heterocycles. The zero-order chi connectivity index (χ0) is 17.9. The van der Waals surface area contributed by atoms with Crippen molar-refractivity contribution in [1.29, 1.82) is 0 Å². The van der Waals surface area contributed by atoms with Gasteiger partial charge in [0.1, 0.15) is 0 Å². The topological polar surface area (TPSA) is 0 Å². The number of allylic oxidation sites excluding steroid dienone is 1. The smallest absolute Gasteiger partial charge is 0.170 e. The van der Waals surface area contributed by atoms with Crippen molar-refractivity contribution in [1.82, 2.24) is 0 Å². The first kappa shape index (κ1) is 19.2. The maximum atomic E-state index is 13.4. The van der Waals surface area contributed by atoms with Crippen molar-refractivity contribution in [3.8, 4) is 0 Å². The van der Waals surface area contributed by atoms with Gasteiger partial charge in [-0.1, -0.05) is 66.0 Å². The SMILES string of the molecule is CCc1ccc(/C=C/C(c2cc(Cl)cc(Cl)c2)C(F)(F)F)cc1Cl. The first-order chi connectivity index (χ1) is 11.2. The Hall–Kier alpha value is -1.16. The zero-order valence-corrected chi connectivity index (χ0v) is 14.9. The van der Waals surface area contributed by atoms with Gasteiger partial charge in [0.05, 0.1) is 5.92 Å². The van der Waals surface area contributed by atoms with Crippen molar-refractivity contribution in [2.45, 2.75) is 25.4 Å². The second-order valence-electron chi connectivity index (χ2n) is 5.29. The van der Waals surface area contributed by atoms with E-state index in [0.717, 1.165) is 18.1 Å². The summed E-state index contributed by atoms with van der Waals surface area (Å²) in [7, 11) is 0. The molecule has 128 valence electrons. The van der Waals surface area contributed by atoms with Gasteiger partial charge in [-0.2, -0.15) is 13.2 Å². The summed E-state index contributed by atoms with van der Waals surface area (Å²) in [4.78, 5) is 0. The summed E-state index contributed by atoms with van der Waals surface area (Å²) in [6.45, 7) is 1.96. The first-order valence-electron chi connectivity index (χ1n) is 7.20. The van der Waals surface area contributed by atoms with Crippen LogP contribution in [0.25, 0.3) is 6.08 Å². The lowest BCUT2D eigenvalue weighted by atomic mass is 9.97. The van der Waals surface area contributed by atoms with Crippen LogP contribution in [-0.4, -0.2) is 6.18 Å². The number of aryl methyl sites for hydroxylation is 1. The Bertz CT molecular complexity index is 731. The third-order valence-electron chi connectivity index (χ3n) is 3.54. The van der Waals surface area contributed by atoms with E-state index in [2.05, 4.69) is 0 Å². The molecule has 0 saturated carbocycles. The molecular formula is C18H14Cl3F3. The van der Waals surface area contributed by atoms with Crippen LogP contribution in [0.5, 0.6) is 0 Å². The molecule has 0 aliphatic heterocycles.